The van der Waals surface area contributed by atoms with Gasteiger partial charge in [-0.3, -0.25) is 14.4 Å². The number of nitrogens with one attached hydrogen (secondary N) is 3. The standard InChI is InChI=1S/C38H59N5O4/c1-8-29(26(2)3)21-34(44)31(19-27-15-11-9-12-16-27)41-36(46)32(22-30-24-39-25-40-30)42-37(47)33(20-28-17-13-10-14-18-28)43(7)35(45)23-38(4,5)6/h8,10,13-14,17-18,24-27,29,31-34,44H,1,9,11-12,15-16,19-23H2,2-7H3,(H,39,40)(H,41,46)(H,42,47)/t29-,31-,32-,33-,34-/m0/s1. The van der Waals surface area contributed by atoms with Gasteiger partial charge in [0.05, 0.1) is 18.5 Å². The van der Waals surface area contributed by atoms with Crippen LogP contribution in [0.3, 0.4) is 0 Å². The van der Waals surface area contributed by atoms with Gasteiger partial charge in [-0.05, 0) is 41.6 Å². The number of H-pyrrole nitrogens is 1. The number of benzene rings is 1. The second-order valence-electron chi connectivity index (χ2n) is 15.1. The zero-order valence-corrected chi connectivity index (χ0v) is 29.5. The van der Waals surface area contributed by atoms with E-state index in [9.17, 15) is 19.5 Å². The number of aliphatic hydroxyl groups is 1. The molecule has 1 heterocycles. The number of aliphatic hydroxyl groups excluding tert-OH is 1. The Bertz CT molecular complexity index is 1250. The van der Waals surface area contributed by atoms with Crippen molar-refractivity contribution >= 4 is 17.7 Å². The molecule has 9 heteroatoms. The van der Waals surface area contributed by atoms with Crippen molar-refractivity contribution in [1.29, 1.82) is 0 Å². The molecule has 1 fully saturated rings. The molecule has 1 aliphatic rings. The smallest absolute Gasteiger partial charge is 0.243 e. The number of imidazole rings is 1. The molecule has 0 aliphatic heterocycles. The summed E-state index contributed by atoms with van der Waals surface area (Å²) in [5, 5.41) is 17.7. The highest BCUT2D eigenvalue weighted by atomic mass is 16.3. The van der Waals surface area contributed by atoms with Gasteiger partial charge >= 0.3 is 0 Å². The van der Waals surface area contributed by atoms with Gasteiger partial charge in [-0.25, -0.2) is 4.98 Å². The second-order valence-corrected chi connectivity index (χ2v) is 15.1. The molecule has 0 saturated heterocycles. The van der Waals surface area contributed by atoms with E-state index in [4.69, 9.17) is 0 Å². The third kappa shape index (κ3) is 12.6. The van der Waals surface area contributed by atoms with Gasteiger partial charge in [0.1, 0.15) is 12.1 Å². The van der Waals surface area contributed by atoms with E-state index in [1.54, 1.807) is 19.6 Å². The van der Waals surface area contributed by atoms with E-state index in [2.05, 4.69) is 41.0 Å². The molecule has 1 aromatic heterocycles. The summed E-state index contributed by atoms with van der Waals surface area (Å²) in [6.07, 6.45) is 11.9. The summed E-state index contributed by atoms with van der Waals surface area (Å²) in [5.41, 5.74) is 1.35. The van der Waals surface area contributed by atoms with Crippen LogP contribution in [0.15, 0.2) is 55.5 Å². The number of amides is 3. The van der Waals surface area contributed by atoms with Crippen LogP contribution in [0.1, 0.15) is 97.2 Å². The summed E-state index contributed by atoms with van der Waals surface area (Å²) >= 11 is 0. The summed E-state index contributed by atoms with van der Waals surface area (Å²) in [4.78, 5) is 50.3. The average Bonchev–Trinajstić information content (AvgIpc) is 3.54. The van der Waals surface area contributed by atoms with Gasteiger partial charge in [-0.2, -0.15) is 0 Å². The molecule has 3 amide bonds. The maximum absolute atomic E-state index is 14.2. The van der Waals surface area contributed by atoms with Crippen molar-refractivity contribution in [2.75, 3.05) is 7.05 Å². The van der Waals surface area contributed by atoms with E-state index in [0.717, 1.165) is 31.2 Å². The van der Waals surface area contributed by atoms with Crippen LogP contribution in [0.2, 0.25) is 0 Å². The predicted molar refractivity (Wildman–Crippen MR) is 187 cm³/mol. The lowest BCUT2D eigenvalue weighted by atomic mass is 9.81. The van der Waals surface area contributed by atoms with E-state index in [1.165, 1.54) is 11.3 Å². The number of rotatable bonds is 17. The van der Waals surface area contributed by atoms with Crippen molar-refractivity contribution in [1.82, 2.24) is 25.5 Å². The minimum Gasteiger partial charge on any atom is -0.391 e. The molecule has 1 aliphatic carbocycles. The number of allylic oxidation sites excluding steroid dienone is 1. The van der Waals surface area contributed by atoms with Crippen LogP contribution in [-0.2, 0) is 27.2 Å². The van der Waals surface area contributed by atoms with Crippen molar-refractivity contribution in [2.24, 2.45) is 23.2 Å². The number of hydrogen-bond acceptors (Lipinski definition) is 5. The van der Waals surface area contributed by atoms with Crippen molar-refractivity contribution < 1.29 is 19.5 Å². The zero-order valence-electron chi connectivity index (χ0n) is 29.5. The fourth-order valence-electron chi connectivity index (χ4n) is 6.55. The molecule has 4 N–H and O–H groups in total. The molecule has 47 heavy (non-hydrogen) atoms. The molecule has 1 aromatic carbocycles. The highest BCUT2D eigenvalue weighted by Gasteiger charge is 2.35. The normalized spacial score (nSPS) is 17.3. The maximum Gasteiger partial charge on any atom is 0.243 e. The van der Waals surface area contributed by atoms with Crippen molar-refractivity contribution in [2.45, 2.75) is 123 Å². The number of likely N-dealkylation sites (N-methyl/N-ethyl adjacent to an activating group) is 1. The first-order valence-electron chi connectivity index (χ1n) is 17.5. The van der Waals surface area contributed by atoms with Crippen LogP contribution >= 0.6 is 0 Å². The maximum atomic E-state index is 14.2. The number of hydrogen-bond donors (Lipinski definition) is 4. The molecular formula is C38H59N5O4. The molecule has 0 spiro atoms. The van der Waals surface area contributed by atoms with Gasteiger partial charge in [-0.1, -0.05) is 103 Å². The fraction of sp³-hybridized carbons (Fsp3) is 0.632. The number of nitrogens with zero attached hydrogens (tertiary/aromatic N) is 2. The SMILES string of the molecule is C=C[C@@H](C[C@H](O)[C@H](CC1CCCCC1)NC(=O)[C@H](Cc1cnc[nH]1)NC(=O)[C@H](Cc1ccccc1)N(C)C(=O)CC(C)(C)C)C(C)C. The van der Waals surface area contributed by atoms with Crippen LogP contribution in [0, 0.1) is 23.2 Å². The molecule has 0 unspecified atom stereocenters. The number of carbonyl (C=O) groups is 3. The van der Waals surface area contributed by atoms with Crippen LogP contribution in [0.4, 0.5) is 0 Å². The zero-order chi connectivity index (χ0) is 34.6. The van der Waals surface area contributed by atoms with E-state index in [1.807, 2.05) is 57.2 Å². The Balaban J connectivity index is 1.88. The Morgan fingerprint density at radius 2 is 1.74 bits per heavy atom. The molecule has 0 radical (unpaired) electrons. The third-order valence-electron chi connectivity index (χ3n) is 9.51. The summed E-state index contributed by atoms with van der Waals surface area (Å²) in [5.74, 6) is -0.0795. The fourth-order valence-corrected chi connectivity index (χ4v) is 6.55. The largest absolute Gasteiger partial charge is 0.391 e. The number of aromatic nitrogens is 2. The van der Waals surface area contributed by atoms with Crippen LogP contribution < -0.4 is 10.6 Å². The minimum atomic E-state index is -0.950. The van der Waals surface area contributed by atoms with Gasteiger partial charge in [0, 0.05) is 38.2 Å². The molecule has 2 aromatic rings. The summed E-state index contributed by atoms with van der Waals surface area (Å²) < 4.78 is 0. The molecule has 3 rings (SSSR count). The molecule has 5 atom stereocenters. The van der Waals surface area contributed by atoms with Crippen LogP contribution in [0.25, 0.3) is 0 Å². The average molecular weight is 650 g/mol. The lowest BCUT2D eigenvalue weighted by Gasteiger charge is -2.34. The molecule has 9 nitrogen and oxygen atoms in total. The van der Waals surface area contributed by atoms with Crippen LogP contribution in [-0.4, -0.2) is 69.0 Å². The lowest BCUT2D eigenvalue weighted by Crippen LogP contribution is -2.58. The van der Waals surface area contributed by atoms with Gasteiger partial charge in [0.25, 0.3) is 0 Å². The summed E-state index contributed by atoms with van der Waals surface area (Å²) in [6.45, 7) is 14.2. The Kier molecular flexibility index (Phi) is 14.7. The number of aromatic amines is 1. The van der Waals surface area contributed by atoms with Gasteiger partial charge in [0.2, 0.25) is 17.7 Å². The van der Waals surface area contributed by atoms with E-state index >= 15 is 0 Å². The van der Waals surface area contributed by atoms with Gasteiger partial charge < -0.3 is 25.6 Å². The first-order chi connectivity index (χ1) is 22.3. The van der Waals surface area contributed by atoms with E-state index in [0.29, 0.717) is 36.8 Å². The van der Waals surface area contributed by atoms with Crippen molar-refractivity contribution in [3.8, 4) is 0 Å². The van der Waals surface area contributed by atoms with Crippen molar-refractivity contribution in [3.63, 3.8) is 0 Å². The van der Waals surface area contributed by atoms with Crippen LogP contribution in [0.5, 0.6) is 0 Å². The Hall–Kier alpha value is -3.46. The predicted octanol–water partition coefficient (Wildman–Crippen LogP) is 5.61. The topological polar surface area (TPSA) is 127 Å². The molecule has 1 saturated carbocycles. The molecular weight excluding hydrogens is 590 g/mol. The highest BCUT2D eigenvalue weighted by molar-refractivity contribution is 5.92. The Morgan fingerprint density at radius 3 is 2.32 bits per heavy atom. The lowest BCUT2D eigenvalue weighted by molar-refractivity contribution is -0.141. The first kappa shape index (κ1) is 38.0. The Labute approximate surface area is 282 Å². The van der Waals surface area contributed by atoms with E-state index < -0.39 is 30.1 Å². The number of carbonyl (C=O) groups excluding carboxylic acids is 3. The monoisotopic (exact) mass is 649 g/mol. The quantitative estimate of drug-likeness (QED) is 0.166. The van der Waals surface area contributed by atoms with Crippen molar-refractivity contribution in [3.05, 3.63) is 66.8 Å². The highest BCUT2D eigenvalue weighted by Crippen LogP contribution is 2.30. The third-order valence-corrected chi connectivity index (χ3v) is 9.51. The summed E-state index contributed by atoms with van der Waals surface area (Å²) in [7, 11) is 1.66. The summed E-state index contributed by atoms with van der Waals surface area (Å²) in [6, 6.07) is 7.34. The second kappa shape index (κ2) is 18.2. The van der Waals surface area contributed by atoms with E-state index in [-0.39, 0.29) is 36.0 Å². The van der Waals surface area contributed by atoms with Gasteiger partial charge in [-0.15, -0.1) is 6.58 Å². The minimum absolute atomic E-state index is 0.108. The molecule has 0 bridgehead atoms. The van der Waals surface area contributed by atoms with Gasteiger partial charge in [0.15, 0.2) is 0 Å². The first-order valence-corrected chi connectivity index (χ1v) is 17.5. The molecule has 260 valence electrons. The Morgan fingerprint density at radius 1 is 1.06 bits per heavy atom.